The topological polar surface area (TPSA) is 88.3 Å². The van der Waals surface area contributed by atoms with Crippen molar-refractivity contribution in [1.82, 2.24) is 4.98 Å². The maximum Gasteiger partial charge on any atom is 0.295 e. The Morgan fingerprint density at radius 3 is 2.80 bits per heavy atom. The van der Waals surface area contributed by atoms with E-state index in [0.717, 1.165) is 12.1 Å². The second-order valence-corrected chi connectivity index (χ2v) is 4.99. The van der Waals surface area contributed by atoms with Crippen LogP contribution >= 0.6 is 0 Å². The number of non-ortho nitro benzene ring substituents is 1. The summed E-state index contributed by atoms with van der Waals surface area (Å²) in [6.07, 6.45) is 2.26. The summed E-state index contributed by atoms with van der Waals surface area (Å²) >= 11 is 0. The van der Waals surface area contributed by atoms with Gasteiger partial charge in [0.05, 0.1) is 17.1 Å². The SMILES string of the molecule is CCC(C)(CO)Nc1ccc([N+](=O)[O-])c2ncccc12. The molecule has 1 atom stereocenters. The predicted molar refractivity (Wildman–Crippen MR) is 77.8 cm³/mol. The fourth-order valence-electron chi connectivity index (χ4n) is 1.98. The molecule has 0 saturated heterocycles. The minimum atomic E-state index is -0.473. The second kappa shape index (κ2) is 5.42. The van der Waals surface area contributed by atoms with Gasteiger partial charge >= 0.3 is 0 Å². The molecule has 0 fully saturated rings. The lowest BCUT2D eigenvalue weighted by atomic mass is 9.99. The van der Waals surface area contributed by atoms with E-state index in [2.05, 4.69) is 10.3 Å². The van der Waals surface area contributed by atoms with Gasteiger partial charge in [0.15, 0.2) is 0 Å². The van der Waals surface area contributed by atoms with Gasteiger partial charge in [0.1, 0.15) is 5.52 Å². The smallest absolute Gasteiger partial charge is 0.295 e. The van der Waals surface area contributed by atoms with E-state index >= 15 is 0 Å². The number of benzene rings is 1. The Bertz CT molecular complexity index is 639. The number of nitro groups is 1. The maximum atomic E-state index is 11.0. The molecule has 0 bridgehead atoms. The Morgan fingerprint density at radius 1 is 1.45 bits per heavy atom. The van der Waals surface area contributed by atoms with E-state index in [0.29, 0.717) is 10.9 Å². The molecular formula is C14H17N3O3. The molecule has 1 aromatic carbocycles. The predicted octanol–water partition coefficient (Wildman–Crippen LogP) is 2.72. The minimum absolute atomic E-state index is 0.0200. The number of aliphatic hydroxyl groups is 1. The first-order valence-corrected chi connectivity index (χ1v) is 6.42. The van der Waals surface area contributed by atoms with Crippen molar-refractivity contribution < 1.29 is 10.0 Å². The number of aromatic nitrogens is 1. The molecular weight excluding hydrogens is 258 g/mol. The monoisotopic (exact) mass is 275 g/mol. The number of aliphatic hydroxyl groups excluding tert-OH is 1. The highest BCUT2D eigenvalue weighted by Gasteiger charge is 2.23. The molecule has 1 aromatic heterocycles. The molecule has 0 aliphatic carbocycles. The van der Waals surface area contributed by atoms with Crippen LogP contribution in [-0.2, 0) is 0 Å². The van der Waals surface area contributed by atoms with Gasteiger partial charge < -0.3 is 10.4 Å². The van der Waals surface area contributed by atoms with Gasteiger partial charge in [-0.25, -0.2) is 4.98 Å². The normalized spacial score (nSPS) is 13.9. The fraction of sp³-hybridized carbons (Fsp3) is 0.357. The number of nitro benzene ring substituents is 1. The maximum absolute atomic E-state index is 11.0. The molecule has 0 radical (unpaired) electrons. The average molecular weight is 275 g/mol. The van der Waals surface area contributed by atoms with Gasteiger partial charge in [-0.2, -0.15) is 0 Å². The molecule has 1 heterocycles. The number of hydrogen-bond donors (Lipinski definition) is 2. The van der Waals surface area contributed by atoms with Crippen LogP contribution in [0.3, 0.4) is 0 Å². The molecule has 0 saturated carbocycles. The lowest BCUT2D eigenvalue weighted by molar-refractivity contribution is -0.383. The second-order valence-electron chi connectivity index (χ2n) is 4.99. The highest BCUT2D eigenvalue weighted by atomic mass is 16.6. The van der Waals surface area contributed by atoms with Crippen LogP contribution in [0.4, 0.5) is 11.4 Å². The van der Waals surface area contributed by atoms with Crippen LogP contribution in [0, 0.1) is 10.1 Å². The fourth-order valence-corrected chi connectivity index (χ4v) is 1.98. The number of rotatable bonds is 5. The molecule has 0 amide bonds. The van der Waals surface area contributed by atoms with Crippen LogP contribution in [0.2, 0.25) is 0 Å². The quantitative estimate of drug-likeness (QED) is 0.647. The van der Waals surface area contributed by atoms with Crippen LogP contribution in [-0.4, -0.2) is 27.2 Å². The van der Waals surface area contributed by atoms with Gasteiger partial charge in [0, 0.05) is 23.3 Å². The Morgan fingerprint density at radius 2 is 2.20 bits per heavy atom. The van der Waals surface area contributed by atoms with Crippen molar-refractivity contribution in [2.45, 2.75) is 25.8 Å². The molecule has 20 heavy (non-hydrogen) atoms. The molecule has 2 rings (SSSR count). The van der Waals surface area contributed by atoms with Gasteiger partial charge in [0.2, 0.25) is 0 Å². The van der Waals surface area contributed by atoms with Crippen molar-refractivity contribution in [3.05, 3.63) is 40.6 Å². The average Bonchev–Trinajstić information content (AvgIpc) is 2.47. The van der Waals surface area contributed by atoms with Gasteiger partial charge in [-0.1, -0.05) is 6.92 Å². The highest BCUT2D eigenvalue weighted by Crippen LogP contribution is 2.31. The molecule has 2 N–H and O–H groups in total. The highest BCUT2D eigenvalue weighted by molar-refractivity contribution is 5.97. The summed E-state index contributed by atoms with van der Waals surface area (Å²) in [5.41, 5.74) is 0.586. The van der Waals surface area contributed by atoms with E-state index in [-0.39, 0.29) is 12.3 Å². The molecule has 0 spiro atoms. The molecule has 0 aliphatic rings. The van der Waals surface area contributed by atoms with E-state index in [1.165, 1.54) is 12.3 Å². The first kappa shape index (κ1) is 14.2. The summed E-state index contributed by atoms with van der Waals surface area (Å²) in [6, 6.07) is 6.61. The molecule has 2 aromatic rings. The summed E-state index contributed by atoms with van der Waals surface area (Å²) in [4.78, 5) is 14.7. The Balaban J connectivity index is 2.56. The Kier molecular flexibility index (Phi) is 3.85. The Hall–Kier alpha value is -2.21. The van der Waals surface area contributed by atoms with E-state index in [1.54, 1.807) is 18.2 Å². The van der Waals surface area contributed by atoms with Crippen molar-refractivity contribution in [2.75, 3.05) is 11.9 Å². The van der Waals surface area contributed by atoms with E-state index in [4.69, 9.17) is 0 Å². The number of fused-ring (bicyclic) bond motifs is 1. The zero-order valence-electron chi connectivity index (χ0n) is 11.5. The van der Waals surface area contributed by atoms with E-state index in [1.807, 2.05) is 13.8 Å². The zero-order chi connectivity index (χ0) is 14.8. The van der Waals surface area contributed by atoms with E-state index in [9.17, 15) is 15.2 Å². The van der Waals surface area contributed by atoms with Crippen molar-refractivity contribution >= 4 is 22.3 Å². The number of hydrogen-bond acceptors (Lipinski definition) is 5. The summed E-state index contributed by atoms with van der Waals surface area (Å²) in [5, 5.41) is 24.4. The van der Waals surface area contributed by atoms with Crippen molar-refractivity contribution in [1.29, 1.82) is 0 Å². The molecule has 1 unspecified atom stereocenters. The zero-order valence-corrected chi connectivity index (χ0v) is 11.5. The number of nitrogens with zero attached hydrogens (tertiary/aromatic N) is 2. The van der Waals surface area contributed by atoms with E-state index < -0.39 is 10.5 Å². The lowest BCUT2D eigenvalue weighted by Gasteiger charge is -2.29. The Labute approximate surface area is 116 Å². The number of nitrogens with one attached hydrogen (secondary N) is 1. The first-order chi connectivity index (χ1) is 9.50. The van der Waals surface area contributed by atoms with Crippen LogP contribution in [0.5, 0.6) is 0 Å². The lowest BCUT2D eigenvalue weighted by Crippen LogP contribution is -2.38. The van der Waals surface area contributed by atoms with Crippen LogP contribution in [0.15, 0.2) is 30.5 Å². The number of pyridine rings is 1. The van der Waals surface area contributed by atoms with Crippen LogP contribution in [0.25, 0.3) is 10.9 Å². The third-order valence-electron chi connectivity index (χ3n) is 3.51. The third kappa shape index (κ3) is 2.55. The van der Waals surface area contributed by atoms with Gasteiger partial charge in [-0.3, -0.25) is 10.1 Å². The van der Waals surface area contributed by atoms with Crippen LogP contribution < -0.4 is 5.32 Å². The third-order valence-corrected chi connectivity index (χ3v) is 3.51. The largest absolute Gasteiger partial charge is 0.394 e. The summed E-state index contributed by atoms with van der Waals surface area (Å²) in [5.74, 6) is 0. The molecule has 6 nitrogen and oxygen atoms in total. The number of anilines is 1. The molecule has 6 heteroatoms. The first-order valence-electron chi connectivity index (χ1n) is 6.42. The van der Waals surface area contributed by atoms with Crippen molar-refractivity contribution in [2.24, 2.45) is 0 Å². The van der Waals surface area contributed by atoms with Crippen molar-refractivity contribution in [3.63, 3.8) is 0 Å². The minimum Gasteiger partial charge on any atom is -0.394 e. The summed E-state index contributed by atoms with van der Waals surface area (Å²) in [6.45, 7) is 3.84. The molecule has 0 aliphatic heterocycles. The standard InChI is InChI=1S/C14H17N3O3/c1-3-14(2,9-18)16-11-6-7-12(17(19)20)13-10(11)5-4-8-15-13/h4-8,16,18H,3,9H2,1-2H3. The summed E-state index contributed by atoms with van der Waals surface area (Å²) in [7, 11) is 0. The van der Waals surface area contributed by atoms with Crippen LogP contribution in [0.1, 0.15) is 20.3 Å². The molecule has 106 valence electrons. The summed E-state index contributed by atoms with van der Waals surface area (Å²) < 4.78 is 0. The van der Waals surface area contributed by atoms with Gasteiger partial charge in [-0.05, 0) is 31.5 Å². The van der Waals surface area contributed by atoms with Gasteiger partial charge in [-0.15, -0.1) is 0 Å². The van der Waals surface area contributed by atoms with Gasteiger partial charge in [0.25, 0.3) is 5.69 Å². The van der Waals surface area contributed by atoms with Crippen molar-refractivity contribution in [3.8, 4) is 0 Å².